The third-order valence-corrected chi connectivity index (χ3v) is 6.31. The van der Waals surface area contributed by atoms with E-state index < -0.39 is 9.84 Å². The van der Waals surface area contributed by atoms with Gasteiger partial charge in [-0.15, -0.1) is 0 Å². The Balaban J connectivity index is 1.53. The molecule has 3 heterocycles. The van der Waals surface area contributed by atoms with Crippen molar-refractivity contribution >= 4 is 26.8 Å². The number of aromatic nitrogens is 1. The van der Waals surface area contributed by atoms with Crippen LogP contribution >= 0.6 is 0 Å². The topological polar surface area (TPSA) is 82.3 Å². The van der Waals surface area contributed by atoms with Gasteiger partial charge in [-0.1, -0.05) is 18.2 Å². The van der Waals surface area contributed by atoms with Crippen LogP contribution in [0.1, 0.15) is 5.56 Å². The van der Waals surface area contributed by atoms with Gasteiger partial charge in [-0.25, -0.2) is 13.2 Å². The first-order chi connectivity index (χ1) is 10.5. The fourth-order valence-corrected chi connectivity index (χ4v) is 5.43. The molecule has 2 fully saturated rings. The number of carbonyl (C=O) groups is 1. The third kappa shape index (κ3) is 2.16. The van der Waals surface area contributed by atoms with E-state index in [-0.39, 0.29) is 29.6 Å². The summed E-state index contributed by atoms with van der Waals surface area (Å²) in [5.41, 5.74) is 2.22. The molecule has 2 atom stereocenters. The van der Waals surface area contributed by atoms with Gasteiger partial charge in [-0.3, -0.25) is 0 Å². The number of nitrogens with zero attached hydrogens (tertiary/aromatic N) is 1. The number of nitrogens with one attached hydrogen (secondary N) is 2. The van der Waals surface area contributed by atoms with Crippen LogP contribution in [0.15, 0.2) is 30.5 Å². The van der Waals surface area contributed by atoms with Gasteiger partial charge < -0.3 is 15.2 Å². The summed E-state index contributed by atoms with van der Waals surface area (Å²) < 4.78 is 23.4. The van der Waals surface area contributed by atoms with Gasteiger partial charge >= 0.3 is 6.03 Å². The highest BCUT2D eigenvalue weighted by Crippen LogP contribution is 2.25. The molecule has 2 N–H and O–H groups in total. The van der Waals surface area contributed by atoms with Crippen molar-refractivity contribution in [1.29, 1.82) is 0 Å². The smallest absolute Gasteiger partial charge is 0.318 e. The van der Waals surface area contributed by atoms with Gasteiger partial charge in [0.15, 0.2) is 9.84 Å². The van der Waals surface area contributed by atoms with Crippen molar-refractivity contribution in [2.45, 2.75) is 18.5 Å². The summed E-state index contributed by atoms with van der Waals surface area (Å²) in [6.07, 6.45) is 2.67. The standard InChI is InChI=1S/C15H17N3O3S/c19-15-17-13-8-22(20,21)9-14(13)18(15)6-5-10-7-16-12-4-2-1-3-11(10)12/h1-4,7,13-14,16H,5-6,8-9H2,(H,17,19)/t13-,14-/m0/s1. The largest absolute Gasteiger partial charge is 0.361 e. The molecular formula is C15H17N3O3S. The lowest BCUT2D eigenvalue weighted by Gasteiger charge is -2.20. The Labute approximate surface area is 128 Å². The molecule has 2 saturated heterocycles. The Bertz CT molecular complexity index is 843. The van der Waals surface area contributed by atoms with Gasteiger partial charge in [0, 0.05) is 23.6 Å². The average Bonchev–Trinajstić information content (AvgIpc) is 3.08. The molecule has 2 aliphatic heterocycles. The van der Waals surface area contributed by atoms with E-state index in [2.05, 4.69) is 10.3 Å². The number of hydrogen-bond donors (Lipinski definition) is 2. The molecule has 0 spiro atoms. The SMILES string of the molecule is O=C1N[C@H]2CS(=O)(=O)C[C@@H]2N1CCc1c[nH]c2ccccc12. The van der Waals surface area contributed by atoms with E-state index in [1.165, 1.54) is 0 Å². The highest BCUT2D eigenvalue weighted by atomic mass is 32.2. The van der Waals surface area contributed by atoms with Crippen molar-refractivity contribution in [2.75, 3.05) is 18.1 Å². The van der Waals surface area contributed by atoms with Crippen molar-refractivity contribution in [2.24, 2.45) is 0 Å². The quantitative estimate of drug-likeness (QED) is 0.825. The summed E-state index contributed by atoms with van der Waals surface area (Å²) in [6.45, 7) is 0.532. The normalized spacial score (nSPS) is 26.4. The molecule has 4 rings (SSSR count). The maximum atomic E-state index is 12.0. The van der Waals surface area contributed by atoms with Crippen LogP contribution in [0, 0.1) is 0 Å². The summed E-state index contributed by atoms with van der Waals surface area (Å²) in [4.78, 5) is 16.9. The first kappa shape index (κ1) is 13.6. The number of aromatic amines is 1. The van der Waals surface area contributed by atoms with E-state index in [1.54, 1.807) is 4.90 Å². The summed E-state index contributed by atoms with van der Waals surface area (Å²) >= 11 is 0. The van der Waals surface area contributed by atoms with Crippen molar-refractivity contribution in [3.05, 3.63) is 36.0 Å². The Morgan fingerprint density at radius 3 is 2.91 bits per heavy atom. The zero-order valence-electron chi connectivity index (χ0n) is 12.0. The number of urea groups is 1. The van der Waals surface area contributed by atoms with E-state index in [0.29, 0.717) is 13.0 Å². The minimum absolute atomic E-state index is 0.0625. The van der Waals surface area contributed by atoms with E-state index in [4.69, 9.17) is 0 Å². The molecule has 2 amide bonds. The lowest BCUT2D eigenvalue weighted by molar-refractivity contribution is 0.207. The van der Waals surface area contributed by atoms with E-state index in [1.807, 2.05) is 30.5 Å². The molecule has 0 bridgehead atoms. The number of benzene rings is 1. The van der Waals surface area contributed by atoms with Gasteiger partial charge in [0.1, 0.15) is 0 Å². The first-order valence-electron chi connectivity index (χ1n) is 7.36. The van der Waals surface area contributed by atoms with Gasteiger partial charge in [-0.05, 0) is 18.1 Å². The Kier molecular flexibility index (Phi) is 2.94. The lowest BCUT2D eigenvalue weighted by Crippen LogP contribution is -2.38. The molecule has 0 saturated carbocycles. The number of fused-ring (bicyclic) bond motifs is 2. The maximum Gasteiger partial charge on any atom is 0.318 e. The molecule has 22 heavy (non-hydrogen) atoms. The predicted molar refractivity (Wildman–Crippen MR) is 83.5 cm³/mol. The number of sulfone groups is 1. The third-order valence-electron chi connectivity index (χ3n) is 4.59. The van der Waals surface area contributed by atoms with Crippen LogP contribution in [0.2, 0.25) is 0 Å². The Morgan fingerprint density at radius 2 is 2.05 bits per heavy atom. The molecule has 2 aliphatic rings. The fraction of sp³-hybridized carbons (Fsp3) is 0.400. The average molecular weight is 319 g/mol. The zero-order valence-corrected chi connectivity index (χ0v) is 12.8. The Morgan fingerprint density at radius 1 is 1.23 bits per heavy atom. The fourth-order valence-electron chi connectivity index (χ4n) is 3.51. The molecular weight excluding hydrogens is 302 g/mol. The molecule has 0 unspecified atom stereocenters. The highest BCUT2D eigenvalue weighted by Gasteiger charge is 2.48. The van der Waals surface area contributed by atoms with Crippen LogP contribution in [0.25, 0.3) is 10.9 Å². The van der Waals surface area contributed by atoms with Crippen LogP contribution in [0.3, 0.4) is 0 Å². The molecule has 0 radical (unpaired) electrons. The van der Waals surface area contributed by atoms with Crippen molar-refractivity contribution in [1.82, 2.24) is 15.2 Å². The van der Waals surface area contributed by atoms with Crippen LogP contribution in [-0.4, -0.2) is 54.5 Å². The molecule has 116 valence electrons. The van der Waals surface area contributed by atoms with Gasteiger partial charge in [0.2, 0.25) is 0 Å². The second kappa shape index (κ2) is 4.74. The minimum atomic E-state index is -3.03. The predicted octanol–water partition coefficient (Wildman–Crippen LogP) is 0.901. The minimum Gasteiger partial charge on any atom is -0.361 e. The molecule has 1 aromatic carbocycles. The molecule has 2 aromatic rings. The maximum absolute atomic E-state index is 12.0. The highest BCUT2D eigenvalue weighted by molar-refractivity contribution is 7.91. The van der Waals surface area contributed by atoms with Gasteiger partial charge in [-0.2, -0.15) is 0 Å². The lowest BCUT2D eigenvalue weighted by atomic mass is 10.1. The van der Waals surface area contributed by atoms with E-state index >= 15 is 0 Å². The monoisotopic (exact) mass is 319 g/mol. The van der Waals surface area contributed by atoms with E-state index in [9.17, 15) is 13.2 Å². The summed E-state index contributed by atoms with van der Waals surface area (Å²) in [6, 6.07) is 7.41. The number of rotatable bonds is 3. The molecule has 7 heteroatoms. The zero-order chi connectivity index (χ0) is 15.3. The first-order valence-corrected chi connectivity index (χ1v) is 9.18. The molecule has 1 aromatic heterocycles. The number of para-hydroxylation sites is 1. The van der Waals surface area contributed by atoms with Crippen LogP contribution in [0.4, 0.5) is 4.79 Å². The summed E-state index contributed by atoms with van der Waals surface area (Å²) in [5.74, 6) is 0.136. The van der Waals surface area contributed by atoms with Crippen LogP contribution < -0.4 is 5.32 Å². The van der Waals surface area contributed by atoms with Crippen LogP contribution in [0.5, 0.6) is 0 Å². The number of amides is 2. The Hall–Kier alpha value is -2.02. The molecule has 0 aliphatic carbocycles. The van der Waals surface area contributed by atoms with Crippen LogP contribution in [-0.2, 0) is 16.3 Å². The second-order valence-corrected chi connectivity index (χ2v) is 8.16. The summed E-state index contributed by atoms with van der Waals surface area (Å²) in [5, 5.41) is 3.94. The molecule has 6 nitrogen and oxygen atoms in total. The van der Waals surface area contributed by atoms with Crippen molar-refractivity contribution < 1.29 is 13.2 Å². The van der Waals surface area contributed by atoms with Gasteiger partial charge in [0.05, 0.1) is 23.6 Å². The second-order valence-electron chi connectivity index (χ2n) is 6.00. The van der Waals surface area contributed by atoms with Crippen molar-refractivity contribution in [3.8, 4) is 0 Å². The van der Waals surface area contributed by atoms with Crippen molar-refractivity contribution in [3.63, 3.8) is 0 Å². The number of carbonyl (C=O) groups excluding carboxylic acids is 1. The van der Waals surface area contributed by atoms with E-state index in [0.717, 1.165) is 16.5 Å². The number of hydrogen-bond acceptors (Lipinski definition) is 3. The summed E-state index contributed by atoms with van der Waals surface area (Å²) in [7, 11) is -3.03. The number of H-pyrrole nitrogens is 1. The van der Waals surface area contributed by atoms with Gasteiger partial charge in [0.25, 0.3) is 0 Å².